The summed E-state index contributed by atoms with van der Waals surface area (Å²) >= 11 is 0. The van der Waals surface area contributed by atoms with Crippen LogP contribution in [-0.4, -0.2) is 0 Å². The van der Waals surface area contributed by atoms with Crippen molar-refractivity contribution in [3.63, 3.8) is 0 Å². The lowest BCUT2D eigenvalue weighted by molar-refractivity contribution is 0.322. The molecule has 0 aliphatic heterocycles. The zero-order valence-electron chi connectivity index (χ0n) is 24.3. The lowest BCUT2D eigenvalue weighted by Crippen LogP contribution is -2.31. The van der Waals surface area contributed by atoms with Crippen molar-refractivity contribution in [1.29, 1.82) is 0 Å². The van der Waals surface area contributed by atoms with Crippen LogP contribution in [0.3, 0.4) is 0 Å². The van der Waals surface area contributed by atoms with Gasteiger partial charge in [0.2, 0.25) is 0 Å². The summed E-state index contributed by atoms with van der Waals surface area (Å²) in [7, 11) is 0. The maximum atomic E-state index is 4.79. The van der Waals surface area contributed by atoms with Gasteiger partial charge in [-0.2, -0.15) is 0 Å². The third kappa shape index (κ3) is 4.84. The van der Waals surface area contributed by atoms with E-state index in [1.165, 1.54) is 57.4 Å². The number of allylic oxidation sites excluding steroid dienone is 8. The van der Waals surface area contributed by atoms with Crippen molar-refractivity contribution in [1.82, 2.24) is 0 Å². The van der Waals surface area contributed by atoms with Crippen LogP contribution in [-0.2, 0) is 0 Å². The van der Waals surface area contributed by atoms with E-state index in [-0.39, 0.29) is 0 Å². The fourth-order valence-electron chi connectivity index (χ4n) is 7.56. The van der Waals surface area contributed by atoms with Gasteiger partial charge in [0, 0.05) is 17.8 Å². The molecule has 5 atom stereocenters. The van der Waals surface area contributed by atoms with Gasteiger partial charge in [-0.05, 0) is 76.0 Å². The summed E-state index contributed by atoms with van der Waals surface area (Å²) in [4.78, 5) is 0. The number of hydrogen-bond donors (Lipinski definition) is 0. The van der Waals surface area contributed by atoms with E-state index in [4.69, 9.17) is 6.58 Å². The first-order valence-corrected chi connectivity index (χ1v) is 15.0. The zero-order chi connectivity index (χ0) is 27.0. The van der Waals surface area contributed by atoms with Crippen molar-refractivity contribution < 1.29 is 0 Å². The van der Waals surface area contributed by atoms with E-state index < -0.39 is 0 Å². The molecule has 2 aromatic carbocycles. The van der Waals surface area contributed by atoms with E-state index in [0.717, 1.165) is 19.3 Å². The summed E-state index contributed by atoms with van der Waals surface area (Å²) in [6, 6.07) is 18.5. The molecule has 0 amide bonds. The van der Waals surface area contributed by atoms with Gasteiger partial charge in [0.05, 0.1) is 0 Å². The Labute approximate surface area is 232 Å². The summed E-state index contributed by atoms with van der Waals surface area (Å²) in [5.74, 6) is 2.79. The summed E-state index contributed by atoms with van der Waals surface area (Å²) in [5.41, 5.74) is 12.9. The van der Waals surface area contributed by atoms with Gasteiger partial charge < -0.3 is 0 Å². The standard InChI is InChI=1S/C38H46/c1-8-12-25(5)36-26(6)20-33-23-31(22-32-21-30(13-9-2)34-14-10-11-15-35(32)34)27(7)37(33)38(36)29-18-16-28(17-19-29)24(3)4/h10-11,14-22,24,26,30,36-38H,5,7-9,12-13,23H2,1-4,6H3/b31-22+. The number of rotatable bonds is 8. The number of benzene rings is 2. The monoisotopic (exact) mass is 502 g/mol. The van der Waals surface area contributed by atoms with Crippen LogP contribution in [0.5, 0.6) is 0 Å². The van der Waals surface area contributed by atoms with E-state index in [1.807, 2.05) is 0 Å². The molecule has 38 heavy (non-hydrogen) atoms. The van der Waals surface area contributed by atoms with Crippen molar-refractivity contribution in [2.75, 3.05) is 0 Å². The highest BCUT2D eigenvalue weighted by atomic mass is 14.5. The lowest BCUT2D eigenvalue weighted by Gasteiger charge is -2.41. The lowest BCUT2D eigenvalue weighted by atomic mass is 9.62. The predicted octanol–water partition coefficient (Wildman–Crippen LogP) is 10.9. The Balaban J connectivity index is 1.55. The minimum Gasteiger partial charge on any atom is -0.0995 e. The molecule has 0 radical (unpaired) electrons. The number of hydrogen-bond acceptors (Lipinski definition) is 0. The van der Waals surface area contributed by atoms with E-state index in [2.05, 4.69) is 108 Å². The first kappa shape index (κ1) is 26.7. The van der Waals surface area contributed by atoms with Crippen LogP contribution >= 0.6 is 0 Å². The molecule has 0 heterocycles. The molecule has 0 nitrogen and oxygen atoms in total. The molecule has 3 aliphatic carbocycles. The van der Waals surface area contributed by atoms with Gasteiger partial charge in [0.25, 0.3) is 0 Å². The summed E-state index contributed by atoms with van der Waals surface area (Å²) in [5, 5.41) is 0. The predicted molar refractivity (Wildman–Crippen MR) is 165 cm³/mol. The van der Waals surface area contributed by atoms with E-state index in [1.54, 1.807) is 5.57 Å². The Kier molecular flexibility index (Phi) is 7.80. The zero-order valence-corrected chi connectivity index (χ0v) is 24.3. The second-order valence-corrected chi connectivity index (χ2v) is 12.3. The molecule has 198 valence electrons. The Bertz CT molecular complexity index is 1290. The molecule has 5 rings (SSSR count). The second kappa shape index (κ2) is 11.1. The third-order valence-electron chi connectivity index (χ3n) is 9.38. The Hall–Kier alpha value is -2.86. The minimum atomic E-state index is 0.365. The average molecular weight is 503 g/mol. The van der Waals surface area contributed by atoms with E-state index in [9.17, 15) is 0 Å². The molecule has 1 saturated carbocycles. The van der Waals surface area contributed by atoms with Gasteiger partial charge in [-0.15, -0.1) is 0 Å². The van der Waals surface area contributed by atoms with Crippen molar-refractivity contribution >= 4 is 5.57 Å². The highest BCUT2D eigenvalue weighted by Gasteiger charge is 2.45. The fourth-order valence-corrected chi connectivity index (χ4v) is 7.56. The van der Waals surface area contributed by atoms with Gasteiger partial charge in [-0.25, -0.2) is 0 Å². The maximum absolute atomic E-state index is 4.79. The largest absolute Gasteiger partial charge is 0.0995 e. The molecule has 0 saturated heterocycles. The van der Waals surface area contributed by atoms with Crippen LogP contribution in [0.2, 0.25) is 0 Å². The fraction of sp³-hybridized carbons (Fsp3) is 0.421. The minimum absolute atomic E-state index is 0.365. The summed E-state index contributed by atoms with van der Waals surface area (Å²) in [6.07, 6.45) is 13.3. The average Bonchev–Trinajstić information content (AvgIpc) is 3.40. The van der Waals surface area contributed by atoms with E-state index >= 15 is 0 Å². The van der Waals surface area contributed by atoms with Crippen LogP contribution in [0.15, 0.2) is 102 Å². The van der Waals surface area contributed by atoms with Crippen LogP contribution in [0.1, 0.15) is 107 Å². The molecule has 0 N–H and O–H groups in total. The van der Waals surface area contributed by atoms with Gasteiger partial charge in [0.1, 0.15) is 0 Å². The summed E-state index contributed by atoms with van der Waals surface area (Å²) < 4.78 is 0. The molecule has 0 aromatic heterocycles. The van der Waals surface area contributed by atoms with Crippen LogP contribution in [0.25, 0.3) is 5.57 Å². The highest BCUT2D eigenvalue weighted by molar-refractivity contribution is 5.83. The van der Waals surface area contributed by atoms with Crippen molar-refractivity contribution in [3.05, 3.63) is 124 Å². The van der Waals surface area contributed by atoms with Gasteiger partial charge in [-0.3, -0.25) is 0 Å². The smallest absolute Gasteiger partial charge is 0.0123 e. The topological polar surface area (TPSA) is 0 Å². The van der Waals surface area contributed by atoms with Crippen molar-refractivity contribution in [2.24, 2.45) is 17.8 Å². The molecular formula is C38H46. The SMILES string of the molecule is C=C1/C(=C/C2=CC(CCC)c3ccccc32)CC2=CC(C)C(C(=C)CCC)C(c3ccc(C(C)C)cc3)C12. The molecule has 3 aliphatic rings. The molecule has 0 spiro atoms. The maximum Gasteiger partial charge on any atom is 0.0123 e. The molecule has 1 fully saturated rings. The molecule has 0 heteroatoms. The molecule has 5 unspecified atom stereocenters. The van der Waals surface area contributed by atoms with Gasteiger partial charge in [0.15, 0.2) is 0 Å². The quantitative estimate of drug-likeness (QED) is 0.315. The van der Waals surface area contributed by atoms with Crippen LogP contribution < -0.4 is 0 Å². The Morgan fingerprint density at radius 2 is 1.74 bits per heavy atom. The van der Waals surface area contributed by atoms with Crippen molar-refractivity contribution in [2.45, 2.75) is 84.5 Å². The van der Waals surface area contributed by atoms with Crippen LogP contribution in [0.4, 0.5) is 0 Å². The molecular weight excluding hydrogens is 456 g/mol. The Morgan fingerprint density at radius 3 is 2.42 bits per heavy atom. The third-order valence-corrected chi connectivity index (χ3v) is 9.38. The van der Waals surface area contributed by atoms with Gasteiger partial charge >= 0.3 is 0 Å². The Morgan fingerprint density at radius 1 is 1.00 bits per heavy atom. The highest BCUT2D eigenvalue weighted by Crippen LogP contribution is 2.57. The normalized spacial score (nSPS) is 27.4. The second-order valence-electron chi connectivity index (χ2n) is 12.3. The number of fused-ring (bicyclic) bond motifs is 2. The first-order valence-electron chi connectivity index (χ1n) is 15.0. The van der Waals surface area contributed by atoms with Gasteiger partial charge in [-0.1, -0.05) is 139 Å². The van der Waals surface area contributed by atoms with E-state index in [0.29, 0.717) is 35.5 Å². The first-order chi connectivity index (χ1) is 18.3. The summed E-state index contributed by atoms with van der Waals surface area (Å²) in [6.45, 7) is 21.0. The molecule has 0 bridgehead atoms. The van der Waals surface area contributed by atoms with Crippen molar-refractivity contribution in [3.8, 4) is 0 Å². The molecule has 2 aromatic rings. The van der Waals surface area contributed by atoms with Crippen LogP contribution in [0, 0.1) is 17.8 Å².